The zero-order valence-electron chi connectivity index (χ0n) is 11.6. The second kappa shape index (κ2) is 6.76. The minimum atomic E-state index is -1.01. The number of hydrogen-bond donors (Lipinski definition) is 3. The molecule has 110 valence electrons. The molecular formula is C16H18N2O3. The van der Waals surface area contributed by atoms with Crippen molar-refractivity contribution in [3.05, 3.63) is 59.7 Å². The van der Waals surface area contributed by atoms with Crippen molar-refractivity contribution in [3.8, 4) is 0 Å². The summed E-state index contributed by atoms with van der Waals surface area (Å²) < 4.78 is 0. The first-order chi connectivity index (χ1) is 10.1. The maximum atomic E-state index is 10.9. The monoisotopic (exact) mass is 286 g/mol. The second-order valence-corrected chi connectivity index (χ2v) is 4.71. The summed E-state index contributed by atoms with van der Waals surface area (Å²) in [5, 5.41) is 18.2. The highest BCUT2D eigenvalue weighted by Crippen LogP contribution is 2.26. The van der Waals surface area contributed by atoms with Crippen LogP contribution in [0.4, 0.5) is 11.4 Å². The van der Waals surface area contributed by atoms with E-state index in [1.165, 1.54) is 12.1 Å². The van der Waals surface area contributed by atoms with Crippen LogP contribution >= 0.6 is 0 Å². The van der Waals surface area contributed by atoms with Gasteiger partial charge in [-0.15, -0.1) is 0 Å². The topological polar surface area (TPSA) is 86.8 Å². The van der Waals surface area contributed by atoms with Gasteiger partial charge in [-0.2, -0.15) is 0 Å². The summed E-state index contributed by atoms with van der Waals surface area (Å²) in [7, 11) is 0. The Labute approximate surface area is 123 Å². The molecule has 0 aliphatic carbocycles. The van der Waals surface area contributed by atoms with E-state index in [0.29, 0.717) is 18.8 Å². The van der Waals surface area contributed by atoms with E-state index in [9.17, 15) is 9.90 Å². The van der Waals surface area contributed by atoms with Crippen LogP contribution in [0.2, 0.25) is 0 Å². The van der Waals surface area contributed by atoms with Gasteiger partial charge < -0.3 is 20.8 Å². The first kappa shape index (κ1) is 14.9. The average Bonchev–Trinajstić information content (AvgIpc) is 2.48. The molecule has 2 aromatic carbocycles. The third kappa shape index (κ3) is 3.73. The molecule has 0 aliphatic rings. The van der Waals surface area contributed by atoms with Crippen molar-refractivity contribution in [2.24, 2.45) is 0 Å². The number of nitrogens with zero attached hydrogens (tertiary/aromatic N) is 1. The smallest absolute Gasteiger partial charge is 0.335 e. The Morgan fingerprint density at radius 1 is 1.14 bits per heavy atom. The summed E-state index contributed by atoms with van der Waals surface area (Å²) >= 11 is 0. The van der Waals surface area contributed by atoms with Crippen molar-refractivity contribution in [1.82, 2.24) is 0 Å². The van der Waals surface area contributed by atoms with Gasteiger partial charge in [0.05, 0.1) is 23.5 Å². The molecule has 0 amide bonds. The number of benzene rings is 2. The first-order valence-corrected chi connectivity index (χ1v) is 6.64. The van der Waals surface area contributed by atoms with Crippen LogP contribution in [0.3, 0.4) is 0 Å². The van der Waals surface area contributed by atoms with Crippen molar-refractivity contribution >= 4 is 17.3 Å². The van der Waals surface area contributed by atoms with Crippen molar-refractivity contribution in [2.45, 2.75) is 6.54 Å². The summed E-state index contributed by atoms with van der Waals surface area (Å²) in [6.07, 6.45) is 0. The summed E-state index contributed by atoms with van der Waals surface area (Å²) in [6.45, 7) is 1.01. The van der Waals surface area contributed by atoms with E-state index in [2.05, 4.69) is 0 Å². The summed E-state index contributed by atoms with van der Waals surface area (Å²) in [5.74, 6) is -1.01. The zero-order chi connectivity index (χ0) is 15.2. The number of aromatic carboxylic acids is 1. The van der Waals surface area contributed by atoms with Crippen molar-refractivity contribution in [3.63, 3.8) is 0 Å². The molecule has 0 aromatic heterocycles. The third-order valence-electron chi connectivity index (χ3n) is 3.20. The lowest BCUT2D eigenvalue weighted by molar-refractivity contribution is 0.0697. The molecule has 0 radical (unpaired) electrons. The highest BCUT2D eigenvalue weighted by Gasteiger charge is 2.12. The normalized spacial score (nSPS) is 10.3. The molecule has 21 heavy (non-hydrogen) atoms. The number of aliphatic hydroxyl groups excluding tert-OH is 1. The van der Waals surface area contributed by atoms with Crippen molar-refractivity contribution < 1.29 is 15.0 Å². The van der Waals surface area contributed by atoms with Crippen LogP contribution in [-0.2, 0) is 6.54 Å². The molecule has 0 saturated carbocycles. The summed E-state index contributed by atoms with van der Waals surface area (Å²) in [4.78, 5) is 12.9. The fraction of sp³-hybridized carbons (Fsp3) is 0.188. The second-order valence-electron chi connectivity index (χ2n) is 4.71. The van der Waals surface area contributed by atoms with Gasteiger partial charge in [0.1, 0.15) is 0 Å². The predicted molar refractivity (Wildman–Crippen MR) is 82.4 cm³/mol. The molecular weight excluding hydrogens is 268 g/mol. The van der Waals surface area contributed by atoms with Gasteiger partial charge in [-0.25, -0.2) is 4.79 Å². The van der Waals surface area contributed by atoms with Crippen LogP contribution in [-0.4, -0.2) is 29.3 Å². The van der Waals surface area contributed by atoms with Crippen LogP contribution in [0.25, 0.3) is 0 Å². The zero-order valence-corrected chi connectivity index (χ0v) is 11.6. The highest BCUT2D eigenvalue weighted by molar-refractivity contribution is 5.90. The minimum absolute atomic E-state index is 0.00699. The lowest BCUT2D eigenvalue weighted by atomic mass is 10.1. The summed E-state index contributed by atoms with van der Waals surface area (Å²) in [5.41, 5.74) is 8.31. The van der Waals surface area contributed by atoms with Crippen LogP contribution in [0.5, 0.6) is 0 Å². The van der Waals surface area contributed by atoms with Crippen molar-refractivity contribution in [2.75, 3.05) is 23.8 Å². The van der Waals surface area contributed by atoms with Gasteiger partial charge >= 0.3 is 5.97 Å². The molecule has 2 rings (SSSR count). The molecule has 0 aliphatic heterocycles. The lowest BCUT2D eigenvalue weighted by Crippen LogP contribution is -2.27. The van der Waals surface area contributed by atoms with Crippen molar-refractivity contribution in [1.29, 1.82) is 0 Å². The molecule has 2 aromatic rings. The molecule has 0 saturated heterocycles. The van der Waals surface area contributed by atoms with Crippen LogP contribution in [0, 0.1) is 0 Å². The molecule has 0 spiro atoms. The SMILES string of the molecule is Nc1cc(C(=O)O)ccc1N(CCO)Cc1ccccc1. The van der Waals surface area contributed by atoms with Gasteiger partial charge in [0.15, 0.2) is 0 Å². The summed E-state index contributed by atoms with van der Waals surface area (Å²) in [6, 6.07) is 14.5. The van der Waals surface area contributed by atoms with Crippen LogP contribution in [0.1, 0.15) is 15.9 Å². The van der Waals surface area contributed by atoms with Crippen LogP contribution < -0.4 is 10.6 Å². The average molecular weight is 286 g/mol. The van der Waals surface area contributed by atoms with E-state index in [-0.39, 0.29) is 12.2 Å². The van der Waals surface area contributed by atoms with E-state index < -0.39 is 5.97 Å². The molecule has 5 heteroatoms. The van der Waals surface area contributed by atoms with Gasteiger partial charge in [0.2, 0.25) is 0 Å². The molecule has 0 atom stereocenters. The Hall–Kier alpha value is -2.53. The molecule has 0 unspecified atom stereocenters. The maximum Gasteiger partial charge on any atom is 0.335 e. The Morgan fingerprint density at radius 3 is 2.43 bits per heavy atom. The minimum Gasteiger partial charge on any atom is -0.478 e. The van der Waals surface area contributed by atoms with E-state index in [0.717, 1.165) is 11.3 Å². The van der Waals surface area contributed by atoms with E-state index >= 15 is 0 Å². The van der Waals surface area contributed by atoms with E-state index in [1.807, 2.05) is 35.2 Å². The molecule has 0 fully saturated rings. The van der Waals surface area contributed by atoms with Crippen LogP contribution in [0.15, 0.2) is 48.5 Å². The highest BCUT2D eigenvalue weighted by atomic mass is 16.4. The largest absolute Gasteiger partial charge is 0.478 e. The Bertz CT molecular complexity index is 614. The number of carbonyl (C=O) groups is 1. The number of nitrogen functional groups attached to an aromatic ring is 1. The number of anilines is 2. The van der Waals surface area contributed by atoms with Gasteiger partial charge in [-0.1, -0.05) is 30.3 Å². The molecule has 5 nitrogen and oxygen atoms in total. The Kier molecular flexibility index (Phi) is 4.79. The Balaban J connectivity index is 2.27. The van der Waals surface area contributed by atoms with Gasteiger partial charge in [-0.3, -0.25) is 0 Å². The standard InChI is InChI=1S/C16H18N2O3/c17-14-10-13(16(20)21)6-7-15(14)18(8-9-19)11-12-4-2-1-3-5-12/h1-7,10,19H,8-9,11,17H2,(H,20,21). The fourth-order valence-corrected chi connectivity index (χ4v) is 2.18. The van der Waals surface area contributed by atoms with Gasteiger partial charge in [-0.05, 0) is 23.8 Å². The molecule has 4 N–H and O–H groups in total. The predicted octanol–water partition coefficient (Wildman–Crippen LogP) is 1.97. The quantitative estimate of drug-likeness (QED) is 0.707. The van der Waals surface area contributed by atoms with Gasteiger partial charge in [0.25, 0.3) is 0 Å². The molecule has 0 bridgehead atoms. The number of hydrogen-bond acceptors (Lipinski definition) is 4. The molecule has 0 heterocycles. The number of carboxylic acids is 1. The number of aliphatic hydroxyl groups is 1. The van der Waals surface area contributed by atoms with E-state index in [4.69, 9.17) is 10.8 Å². The lowest BCUT2D eigenvalue weighted by Gasteiger charge is -2.25. The fourth-order valence-electron chi connectivity index (χ4n) is 2.18. The van der Waals surface area contributed by atoms with Gasteiger partial charge in [0, 0.05) is 13.1 Å². The Morgan fingerprint density at radius 2 is 1.86 bits per heavy atom. The first-order valence-electron chi connectivity index (χ1n) is 6.64. The number of carboxylic acid groups (broad SMARTS) is 1. The number of rotatable bonds is 6. The number of nitrogens with two attached hydrogens (primary N) is 1. The third-order valence-corrected chi connectivity index (χ3v) is 3.20. The van der Waals surface area contributed by atoms with E-state index in [1.54, 1.807) is 6.07 Å². The maximum absolute atomic E-state index is 10.9.